The zero-order valence-corrected chi connectivity index (χ0v) is 9.29. The first-order valence-corrected chi connectivity index (χ1v) is 5.08. The Morgan fingerprint density at radius 3 is 2.71 bits per heavy atom. The minimum Gasteiger partial charge on any atom is -0.381 e. The summed E-state index contributed by atoms with van der Waals surface area (Å²) in [5.41, 5.74) is 2.59. The van der Waals surface area contributed by atoms with Crippen molar-refractivity contribution in [3.05, 3.63) is 29.8 Å². The van der Waals surface area contributed by atoms with Crippen LogP contribution in [-0.2, 0) is 11.2 Å². The van der Waals surface area contributed by atoms with E-state index in [2.05, 4.69) is 43.3 Å². The van der Waals surface area contributed by atoms with Gasteiger partial charge in [-0.15, -0.1) is 0 Å². The van der Waals surface area contributed by atoms with Crippen molar-refractivity contribution in [3.8, 4) is 0 Å². The maximum atomic E-state index is 5.32. The Balaban J connectivity index is 2.55. The number of hydrogen-bond acceptors (Lipinski definition) is 2. The molecular formula is C12H19NO. The molecule has 0 aliphatic carbocycles. The molecule has 1 aromatic carbocycles. The normalized spacial score (nSPS) is 10.2. The molecule has 0 atom stereocenters. The summed E-state index contributed by atoms with van der Waals surface area (Å²) < 4.78 is 5.32. The van der Waals surface area contributed by atoms with Crippen molar-refractivity contribution in [1.82, 2.24) is 0 Å². The minimum atomic E-state index is 0.799. The third kappa shape index (κ3) is 3.38. The number of rotatable bonds is 5. The molecule has 0 heterocycles. The lowest BCUT2D eigenvalue weighted by atomic mass is 10.1. The van der Waals surface area contributed by atoms with Crippen molar-refractivity contribution in [2.24, 2.45) is 0 Å². The number of hydrogen-bond donors (Lipinski definition) is 0. The summed E-state index contributed by atoms with van der Waals surface area (Å²) >= 11 is 0. The van der Waals surface area contributed by atoms with Crippen LogP contribution in [0.4, 0.5) is 5.69 Å². The van der Waals surface area contributed by atoms with Crippen LogP contribution in [0.25, 0.3) is 0 Å². The van der Waals surface area contributed by atoms with E-state index < -0.39 is 0 Å². The van der Waals surface area contributed by atoms with Crippen molar-refractivity contribution in [2.45, 2.75) is 13.3 Å². The first-order valence-electron chi connectivity index (χ1n) is 5.08. The quantitative estimate of drug-likeness (QED) is 0.665. The molecule has 0 fully saturated rings. The van der Waals surface area contributed by atoms with Gasteiger partial charge in [0.1, 0.15) is 0 Å². The highest BCUT2D eigenvalue weighted by molar-refractivity contribution is 5.47. The third-order valence-corrected chi connectivity index (χ3v) is 2.17. The van der Waals surface area contributed by atoms with E-state index in [1.807, 2.05) is 6.92 Å². The van der Waals surface area contributed by atoms with E-state index in [9.17, 15) is 0 Å². The van der Waals surface area contributed by atoms with Crippen LogP contribution < -0.4 is 4.90 Å². The molecule has 0 spiro atoms. The molecule has 0 bridgehead atoms. The third-order valence-electron chi connectivity index (χ3n) is 2.17. The van der Waals surface area contributed by atoms with E-state index in [1.165, 1.54) is 11.3 Å². The molecule has 78 valence electrons. The van der Waals surface area contributed by atoms with E-state index in [-0.39, 0.29) is 0 Å². The Morgan fingerprint density at radius 2 is 2.07 bits per heavy atom. The second-order valence-corrected chi connectivity index (χ2v) is 3.51. The van der Waals surface area contributed by atoms with Crippen LogP contribution in [0.15, 0.2) is 24.3 Å². The summed E-state index contributed by atoms with van der Waals surface area (Å²) in [5, 5.41) is 0. The zero-order valence-electron chi connectivity index (χ0n) is 9.29. The predicted octanol–water partition coefficient (Wildman–Crippen LogP) is 2.33. The van der Waals surface area contributed by atoms with Gasteiger partial charge in [0.2, 0.25) is 0 Å². The molecule has 0 N–H and O–H groups in total. The average Bonchev–Trinajstić information content (AvgIpc) is 2.19. The first-order chi connectivity index (χ1) is 6.74. The van der Waals surface area contributed by atoms with Crippen LogP contribution in [-0.4, -0.2) is 27.3 Å². The highest BCUT2D eigenvalue weighted by Gasteiger charge is 1.97. The molecule has 2 nitrogen and oxygen atoms in total. The monoisotopic (exact) mass is 193 g/mol. The number of ether oxygens (including phenoxy) is 1. The Bertz CT molecular complexity index is 271. The van der Waals surface area contributed by atoms with Crippen molar-refractivity contribution in [2.75, 3.05) is 32.2 Å². The van der Waals surface area contributed by atoms with Gasteiger partial charge in [0.05, 0.1) is 6.61 Å². The number of benzene rings is 1. The fourth-order valence-electron chi connectivity index (χ4n) is 1.32. The molecule has 1 aromatic rings. The van der Waals surface area contributed by atoms with Gasteiger partial charge in [-0.3, -0.25) is 0 Å². The molecule has 0 amide bonds. The fourth-order valence-corrected chi connectivity index (χ4v) is 1.32. The molecular weight excluding hydrogens is 174 g/mol. The fraction of sp³-hybridized carbons (Fsp3) is 0.500. The molecule has 1 rings (SSSR count). The first kappa shape index (κ1) is 11.1. The highest BCUT2D eigenvalue weighted by atomic mass is 16.5. The van der Waals surface area contributed by atoms with Crippen LogP contribution >= 0.6 is 0 Å². The molecule has 0 radical (unpaired) electrons. The number of anilines is 1. The highest BCUT2D eigenvalue weighted by Crippen LogP contribution is 2.13. The Labute approximate surface area is 86.5 Å². The summed E-state index contributed by atoms with van der Waals surface area (Å²) in [6.45, 7) is 3.64. The topological polar surface area (TPSA) is 12.5 Å². The van der Waals surface area contributed by atoms with Gasteiger partial charge in [0.25, 0.3) is 0 Å². The zero-order chi connectivity index (χ0) is 10.4. The lowest BCUT2D eigenvalue weighted by Crippen LogP contribution is -2.09. The number of nitrogens with zero attached hydrogens (tertiary/aromatic N) is 1. The maximum absolute atomic E-state index is 5.32. The van der Waals surface area contributed by atoms with Crippen LogP contribution in [0.1, 0.15) is 12.5 Å². The standard InChI is InChI=1S/C12H19NO/c1-4-14-9-8-11-6-5-7-12(10-11)13(2)3/h5-7,10H,4,8-9H2,1-3H3. The van der Waals surface area contributed by atoms with Crippen molar-refractivity contribution < 1.29 is 4.74 Å². The van der Waals surface area contributed by atoms with Crippen molar-refractivity contribution >= 4 is 5.69 Å². The smallest absolute Gasteiger partial charge is 0.0506 e. The molecule has 0 unspecified atom stereocenters. The second-order valence-electron chi connectivity index (χ2n) is 3.51. The molecule has 0 aliphatic heterocycles. The van der Waals surface area contributed by atoms with E-state index in [0.717, 1.165) is 19.6 Å². The Morgan fingerprint density at radius 1 is 1.29 bits per heavy atom. The Kier molecular flexibility index (Phi) is 4.47. The molecule has 0 aliphatic rings. The summed E-state index contributed by atoms with van der Waals surface area (Å²) in [7, 11) is 4.11. The molecule has 14 heavy (non-hydrogen) atoms. The van der Waals surface area contributed by atoms with Crippen LogP contribution in [0.2, 0.25) is 0 Å². The van der Waals surface area contributed by atoms with Gasteiger partial charge in [-0.25, -0.2) is 0 Å². The summed E-state index contributed by atoms with van der Waals surface area (Å²) in [6, 6.07) is 8.56. The van der Waals surface area contributed by atoms with Crippen LogP contribution in [0.5, 0.6) is 0 Å². The van der Waals surface area contributed by atoms with Gasteiger partial charge in [-0.2, -0.15) is 0 Å². The van der Waals surface area contributed by atoms with Crippen LogP contribution in [0, 0.1) is 0 Å². The Hall–Kier alpha value is -1.02. The lowest BCUT2D eigenvalue weighted by molar-refractivity contribution is 0.151. The summed E-state index contributed by atoms with van der Waals surface area (Å²) in [4.78, 5) is 2.12. The average molecular weight is 193 g/mol. The molecule has 0 saturated carbocycles. The second kappa shape index (κ2) is 5.66. The van der Waals surface area contributed by atoms with E-state index in [1.54, 1.807) is 0 Å². The van der Waals surface area contributed by atoms with Gasteiger partial charge in [0.15, 0.2) is 0 Å². The van der Waals surface area contributed by atoms with Gasteiger partial charge < -0.3 is 9.64 Å². The predicted molar refractivity (Wildman–Crippen MR) is 61.0 cm³/mol. The molecule has 2 heteroatoms. The van der Waals surface area contributed by atoms with E-state index in [4.69, 9.17) is 4.74 Å². The SMILES string of the molecule is CCOCCc1cccc(N(C)C)c1. The molecule has 0 saturated heterocycles. The summed E-state index contributed by atoms with van der Waals surface area (Å²) in [5.74, 6) is 0. The van der Waals surface area contributed by atoms with E-state index >= 15 is 0 Å². The van der Waals surface area contributed by atoms with Crippen LogP contribution in [0.3, 0.4) is 0 Å². The van der Waals surface area contributed by atoms with Crippen molar-refractivity contribution in [3.63, 3.8) is 0 Å². The largest absolute Gasteiger partial charge is 0.381 e. The van der Waals surface area contributed by atoms with Gasteiger partial charge in [-0.1, -0.05) is 12.1 Å². The molecule has 0 aromatic heterocycles. The van der Waals surface area contributed by atoms with E-state index in [0.29, 0.717) is 0 Å². The summed E-state index contributed by atoms with van der Waals surface area (Å²) in [6.07, 6.45) is 0.996. The minimum absolute atomic E-state index is 0.799. The lowest BCUT2D eigenvalue weighted by Gasteiger charge is -2.13. The van der Waals surface area contributed by atoms with Gasteiger partial charge >= 0.3 is 0 Å². The van der Waals surface area contributed by atoms with Gasteiger partial charge in [0, 0.05) is 26.4 Å². The maximum Gasteiger partial charge on any atom is 0.0506 e. The van der Waals surface area contributed by atoms with Crippen molar-refractivity contribution in [1.29, 1.82) is 0 Å². The van der Waals surface area contributed by atoms with Gasteiger partial charge in [-0.05, 0) is 31.0 Å².